The summed E-state index contributed by atoms with van der Waals surface area (Å²) >= 11 is 0. The van der Waals surface area contributed by atoms with E-state index in [0.717, 1.165) is 24.7 Å². The molecule has 0 radical (unpaired) electrons. The monoisotopic (exact) mass is 271 g/mol. The van der Waals surface area contributed by atoms with Gasteiger partial charge >= 0.3 is 0 Å². The summed E-state index contributed by atoms with van der Waals surface area (Å²) < 4.78 is 31.1. The first kappa shape index (κ1) is 15.7. The molecule has 0 amide bonds. The Labute approximate surface area is 112 Å². The third-order valence-electron chi connectivity index (χ3n) is 2.73. The Morgan fingerprint density at radius 1 is 1.21 bits per heavy atom. The predicted molar refractivity (Wildman–Crippen MR) is 69.3 cm³/mol. The van der Waals surface area contributed by atoms with Crippen LogP contribution in [0.2, 0.25) is 0 Å². The van der Waals surface area contributed by atoms with Gasteiger partial charge in [0.15, 0.2) is 5.78 Å². The van der Waals surface area contributed by atoms with Crippen molar-refractivity contribution in [3.63, 3.8) is 0 Å². The molecule has 19 heavy (non-hydrogen) atoms. The predicted octanol–water partition coefficient (Wildman–Crippen LogP) is 2.51. The van der Waals surface area contributed by atoms with Crippen molar-refractivity contribution < 1.29 is 18.3 Å². The minimum atomic E-state index is -0.729. The van der Waals surface area contributed by atoms with Crippen LogP contribution in [0.25, 0.3) is 0 Å². The lowest BCUT2D eigenvalue weighted by atomic mass is 10.1. The topological polar surface area (TPSA) is 29.5 Å². The smallest absolute Gasteiger partial charge is 0.164 e. The first-order chi connectivity index (χ1) is 9.02. The molecule has 0 bridgehead atoms. The molecule has 1 aromatic rings. The van der Waals surface area contributed by atoms with Gasteiger partial charge in [0.25, 0.3) is 0 Å². The highest BCUT2D eigenvalue weighted by atomic mass is 19.1. The highest BCUT2D eigenvalue weighted by molar-refractivity contribution is 5.96. The number of Topliss-reactive ketones (excluding diaryl/α,β-unsaturated/α-hetero) is 1. The molecule has 1 aromatic carbocycles. The number of rotatable bonds is 8. The number of hydrogen-bond donors (Lipinski definition) is 0. The van der Waals surface area contributed by atoms with E-state index >= 15 is 0 Å². The van der Waals surface area contributed by atoms with Crippen LogP contribution in [0.15, 0.2) is 18.2 Å². The standard InChI is InChI=1S/C14H19F2NO2/c1-3-19-7-6-17(2)5-4-14(18)11-8-12(15)10-13(16)9-11/h8-10H,3-7H2,1-2H3. The van der Waals surface area contributed by atoms with Crippen LogP contribution in [0, 0.1) is 11.6 Å². The Morgan fingerprint density at radius 2 is 1.84 bits per heavy atom. The number of likely N-dealkylation sites (N-methyl/N-ethyl adjacent to an activating group) is 1. The summed E-state index contributed by atoms with van der Waals surface area (Å²) in [6.07, 6.45) is 0.228. The minimum Gasteiger partial charge on any atom is -0.380 e. The second-order valence-electron chi connectivity index (χ2n) is 4.33. The number of ether oxygens (including phenoxy) is 1. The molecule has 0 aliphatic carbocycles. The van der Waals surface area contributed by atoms with E-state index in [9.17, 15) is 13.6 Å². The lowest BCUT2D eigenvalue weighted by Crippen LogP contribution is -2.26. The molecule has 106 valence electrons. The number of carbonyl (C=O) groups is 1. The van der Waals surface area contributed by atoms with E-state index < -0.39 is 11.6 Å². The van der Waals surface area contributed by atoms with Gasteiger partial charge in [-0.1, -0.05) is 0 Å². The molecular weight excluding hydrogens is 252 g/mol. The van der Waals surface area contributed by atoms with Crippen LogP contribution < -0.4 is 0 Å². The summed E-state index contributed by atoms with van der Waals surface area (Å²) in [6, 6.07) is 2.88. The summed E-state index contributed by atoms with van der Waals surface area (Å²) in [5.74, 6) is -1.72. The number of benzene rings is 1. The first-order valence-electron chi connectivity index (χ1n) is 6.28. The molecule has 0 spiro atoms. The molecular formula is C14H19F2NO2. The fourth-order valence-corrected chi connectivity index (χ4v) is 1.63. The van der Waals surface area contributed by atoms with Crippen molar-refractivity contribution in [2.75, 3.05) is 33.4 Å². The first-order valence-corrected chi connectivity index (χ1v) is 6.28. The zero-order valence-electron chi connectivity index (χ0n) is 11.3. The van der Waals surface area contributed by atoms with Gasteiger partial charge in [-0.2, -0.15) is 0 Å². The zero-order chi connectivity index (χ0) is 14.3. The number of hydrogen-bond acceptors (Lipinski definition) is 3. The van der Waals surface area contributed by atoms with Gasteiger partial charge in [-0.3, -0.25) is 4.79 Å². The average molecular weight is 271 g/mol. The van der Waals surface area contributed by atoms with E-state index in [2.05, 4.69) is 0 Å². The number of ketones is 1. The Balaban J connectivity index is 2.42. The number of nitrogens with zero attached hydrogens (tertiary/aromatic N) is 1. The van der Waals surface area contributed by atoms with Gasteiger partial charge in [-0.25, -0.2) is 8.78 Å². The summed E-state index contributed by atoms with van der Waals surface area (Å²) in [4.78, 5) is 13.7. The second-order valence-corrected chi connectivity index (χ2v) is 4.33. The van der Waals surface area contributed by atoms with Crippen LogP contribution in [0.1, 0.15) is 23.7 Å². The zero-order valence-corrected chi connectivity index (χ0v) is 11.3. The molecule has 1 rings (SSSR count). The average Bonchev–Trinajstić information content (AvgIpc) is 2.35. The Morgan fingerprint density at radius 3 is 2.42 bits per heavy atom. The fraction of sp³-hybridized carbons (Fsp3) is 0.500. The molecule has 0 unspecified atom stereocenters. The lowest BCUT2D eigenvalue weighted by Gasteiger charge is -2.15. The fourth-order valence-electron chi connectivity index (χ4n) is 1.63. The van der Waals surface area contributed by atoms with E-state index in [1.165, 1.54) is 0 Å². The SMILES string of the molecule is CCOCCN(C)CCC(=O)c1cc(F)cc(F)c1. The number of halogens is 2. The van der Waals surface area contributed by atoms with E-state index in [-0.39, 0.29) is 17.8 Å². The summed E-state index contributed by atoms with van der Waals surface area (Å²) in [7, 11) is 1.87. The molecule has 0 saturated carbocycles. The van der Waals surface area contributed by atoms with E-state index in [1.807, 2.05) is 18.9 Å². The maximum absolute atomic E-state index is 13.0. The lowest BCUT2D eigenvalue weighted by molar-refractivity contribution is 0.0945. The quantitative estimate of drug-likeness (QED) is 0.537. The minimum absolute atomic E-state index is 0.0794. The summed E-state index contributed by atoms with van der Waals surface area (Å²) in [6.45, 7) is 4.44. The second kappa shape index (κ2) is 7.96. The van der Waals surface area contributed by atoms with Crippen molar-refractivity contribution in [2.45, 2.75) is 13.3 Å². The maximum Gasteiger partial charge on any atom is 0.164 e. The van der Waals surface area contributed by atoms with Gasteiger partial charge in [0.1, 0.15) is 11.6 Å². The molecule has 5 heteroatoms. The molecule has 0 aliphatic rings. The van der Waals surface area contributed by atoms with Crippen LogP contribution >= 0.6 is 0 Å². The summed E-state index contributed by atoms with van der Waals surface area (Å²) in [5.41, 5.74) is 0.0794. The van der Waals surface area contributed by atoms with Crippen molar-refractivity contribution in [2.24, 2.45) is 0 Å². The molecule has 0 N–H and O–H groups in total. The maximum atomic E-state index is 13.0. The van der Waals surface area contributed by atoms with Crippen molar-refractivity contribution in [3.8, 4) is 0 Å². The van der Waals surface area contributed by atoms with E-state index in [0.29, 0.717) is 19.8 Å². The van der Waals surface area contributed by atoms with Crippen LogP contribution in [0.3, 0.4) is 0 Å². The Bertz CT molecular complexity index is 404. The van der Waals surface area contributed by atoms with Gasteiger partial charge < -0.3 is 9.64 Å². The molecule has 3 nitrogen and oxygen atoms in total. The molecule has 0 fully saturated rings. The van der Waals surface area contributed by atoms with Gasteiger partial charge in [-0.05, 0) is 26.1 Å². The third kappa shape index (κ3) is 5.89. The molecule has 0 atom stereocenters. The van der Waals surface area contributed by atoms with Crippen molar-refractivity contribution >= 4 is 5.78 Å². The molecule has 0 aromatic heterocycles. The van der Waals surface area contributed by atoms with E-state index in [4.69, 9.17) is 4.74 Å². The largest absolute Gasteiger partial charge is 0.380 e. The normalized spacial score (nSPS) is 11.0. The van der Waals surface area contributed by atoms with Gasteiger partial charge in [-0.15, -0.1) is 0 Å². The summed E-state index contributed by atoms with van der Waals surface area (Å²) in [5, 5.41) is 0. The van der Waals surface area contributed by atoms with Gasteiger partial charge in [0, 0.05) is 37.7 Å². The van der Waals surface area contributed by atoms with Crippen LogP contribution in [-0.4, -0.2) is 44.0 Å². The van der Waals surface area contributed by atoms with Crippen molar-refractivity contribution in [1.82, 2.24) is 4.90 Å². The van der Waals surface area contributed by atoms with E-state index in [1.54, 1.807) is 0 Å². The van der Waals surface area contributed by atoms with Gasteiger partial charge in [0.2, 0.25) is 0 Å². The molecule has 0 heterocycles. The van der Waals surface area contributed by atoms with Crippen LogP contribution in [0.4, 0.5) is 8.78 Å². The highest BCUT2D eigenvalue weighted by Crippen LogP contribution is 2.10. The third-order valence-corrected chi connectivity index (χ3v) is 2.73. The van der Waals surface area contributed by atoms with Crippen molar-refractivity contribution in [1.29, 1.82) is 0 Å². The Kier molecular flexibility index (Phi) is 6.59. The number of carbonyl (C=O) groups excluding carboxylic acids is 1. The Hall–Kier alpha value is -1.33. The molecule has 0 aliphatic heterocycles. The highest BCUT2D eigenvalue weighted by Gasteiger charge is 2.10. The van der Waals surface area contributed by atoms with Gasteiger partial charge in [0.05, 0.1) is 6.61 Å². The van der Waals surface area contributed by atoms with Crippen LogP contribution in [0.5, 0.6) is 0 Å². The van der Waals surface area contributed by atoms with Crippen LogP contribution in [-0.2, 0) is 4.74 Å². The van der Waals surface area contributed by atoms with Crippen molar-refractivity contribution in [3.05, 3.63) is 35.4 Å². The molecule has 0 saturated heterocycles.